The Morgan fingerprint density at radius 2 is 1.58 bits per heavy atom. The average molecular weight is 455 g/mol. The minimum atomic E-state index is -0.874. The smallest absolute Gasteiger partial charge is 0.408 e. The van der Waals surface area contributed by atoms with Gasteiger partial charge in [-0.1, -0.05) is 62.4 Å². The van der Waals surface area contributed by atoms with Gasteiger partial charge in [0.25, 0.3) is 0 Å². The predicted molar refractivity (Wildman–Crippen MR) is 127 cm³/mol. The molecule has 0 saturated heterocycles. The van der Waals surface area contributed by atoms with E-state index in [0.717, 1.165) is 22.3 Å². The Morgan fingerprint density at radius 1 is 0.879 bits per heavy atom. The van der Waals surface area contributed by atoms with Crippen LogP contribution in [-0.2, 0) is 32.1 Å². The number of esters is 1. The Kier molecular flexibility index (Phi) is 9.91. The number of aryl methyl sites for hydroxylation is 2. The van der Waals surface area contributed by atoms with Gasteiger partial charge in [0, 0.05) is 6.42 Å². The van der Waals surface area contributed by atoms with Gasteiger partial charge in [-0.05, 0) is 48.4 Å². The Bertz CT molecular complexity index is 943. The molecule has 2 aromatic rings. The Morgan fingerprint density at radius 3 is 2.18 bits per heavy atom. The third-order valence-corrected chi connectivity index (χ3v) is 5.34. The van der Waals surface area contributed by atoms with Gasteiger partial charge in [0.1, 0.15) is 18.7 Å². The zero-order valence-electron chi connectivity index (χ0n) is 20.0. The summed E-state index contributed by atoms with van der Waals surface area (Å²) in [4.78, 5) is 37.8. The van der Waals surface area contributed by atoms with Gasteiger partial charge in [-0.25, -0.2) is 9.59 Å². The molecule has 178 valence electrons. The fourth-order valence-electron chi connectivity index (χ4n) is 3.38. The standard InChI is InChI=1S/C26H34N2O5/c1-17(2)13-22(28-26(31)33-16-20-9-7-6-8-10-20)24(29)27-23(25(30)32-5)15-21-12-11-18(3)19(4)14-21/h6-12,14,17,22-23H,13,15-16H2,1-5H3,(H,27,29)(H,28,31)/t22-,23+/m0/s1. The molecule has 0 spiro atoms. The topological polar surface area (TPSA) is 93.7 Å². The number of hydrogen-bond acceptors (Lipinski definition) is 5. The molecular weight excluding hydrogens is 420 g/mol. The Balaban J connectivity index is 2.06. The van der Waals surface area contributed by atoms with E-state index in [2.05, 4.69) is 10.6 Å². The summed E-state index contributed by atoms with van der Waals surface area (Å²) >= 11 is 0. The molecule has 0 aliphatic heterocycles. The molecule has 0 saturated carbocycles. The third-order valence-electron chi connectivity index (χ3n) is 5.34. The van der Waals surface area contributed by atoms with E-state index in [1.54, 1.807) is 0 Å². The van der Waals surface area contributed by atoms with Gasteiger partial charge in [-0.3, -0.25) is 4.79 Å². The number of ether oxygens (including phenoxy) is 2. The Hall–Kier alpha value is -3.35. The Labute approximate surface area is 195 Å². The van der Waals surface area contributed by atoms with E-state index in [1.807, 2.05) is 76.2 Å². The molecule has 2 rings (SSSR count). The lowest BCUT2D eigenvalue weighted by molar-refractivity contribution is -0.145. The first-order valence-corrected chi connectivity index (χ1v) is 11.1. The molecule has 2 N–H and O–H groups in total. The number of amides is 2. The van der Waals surface area contributed by atoms with Crippen LogP contribution in [0.3, 0.4) is 0 Å². The lowest BCUT2D eigenvalue weighted by Gasteiger charge is -2.23. The molecule has 0 fully saturated rings. The molecule has 33 heavy (non-hydrogen) atoms. The fourth-order valence-corrected chi connectivity index (χ4v) is 3.38. The predicted octanol–water partition coefficient (Wildman–Crippen LogP) is 3.84. The second-order valence-corrected chi connectivity index (χ2v) is 8.60. The maximum Gasteiger partial charge on any atom is 0.408 e. The van der Waals surface area contributed by atoms with Crippen molar-refractivity contribution in [3.8, 4) is 0 Å². The van der Waals surface area contributed by atoms with Crippen LogP contribution >= 0.6 is 0 Å². The zero-order chi connectivity index (χ0) is 24.4. The second kappa shape index (κ2) is 12.6. The van der Waals surface area contributed by atoms with E-state index in [4.69, 9.17) is 9.47 Å². The number of nitrogens with one attached hydrogen (secondary N) is 2. The molecule has 0 aliphatic carbocycles. The number of benzene rings is 2. The van der Waals surface area contributed by atoms with Crippen LogP contribution in [0, 0.1) is 19.8 Å². The lowest BCUT2D eigenvalue weighted by atomic mass is 9.99. The molecule has 2 atom stereocenters. The number of hydrogen-bond donors (Lipinski definition) is 2. The largest absolute Gasteiger partial charge is 0.467 e. The van der Waals surface area contributed by atoms with Crippen LogP contribution in [-0.4, -0.2) is 37.2 Å². The van der Waals surface area contributed by atoms with E-state index in [0.29, 0.717) is 6.42 Å². The van der Waals surface area contributed by atoms with E-state index in [-0.39, 0.29) is 18.9 Å². The van der Waals surface area contributed by atoms with Crippen molar-refractivity contribution in [3.05, 3.63) is 70.8 Å². The summed E-state index contributed by atoms with van der Waals surface area (Å²) in [6.45, 7) is 8.00. The lowest BCUT2D eigenvalue weighted by Crippen LogP contribution is -2.53. The summed E-state index contributed by atoms with van der Waals surface area (Å²) < 4.78 is 10.2. The first kappa shape index (κ1) is 25.9. The van der Waals surface area contributed by atoms with Gasteiger partial charge in [0.15, 0.2) is 0 Å². The highest BCUT2D eigenvalue weighted by Crippen LogP contribution is 2.13. The zero-order valence-corrected chi connectivity index (χ0v) is 20.0. The highest BCUT2D eigenvalue weighted by atomic mass is 16.5. The summed E-state index contributed by atoms with van der Waals surface area (Å²) in [6, 6.07) is 13.5. The number of carbonyl (C=O) groups excluding carboxylic acids is 3. The van der Waals surface area contributed by atoms with Crippen molar-refractivity contribution < 1.29 is 23.9 Å². The molecule has 2 aromatic carbocycles. The van der Waals surface area contributed by atoms with Crippen LogP contribution in [0.15, 0.2) is 48.5 Å². The minimum absolute atomic E-state index is 0.0975. The maximum atomic E-state index is 13.0. The molecule has 0 aliphatic rings. The summed E-state index contributed by atoms with van der Waals surface area (Å²) in [7, 11) is 1.28. The van der Waals surface area contributed by atoms with Gasteiger partial charge < -0.3 is 20.1 Å². The van der Waals surface area contributed by atoms with Crippen molar-refractivity contribution in [1.29, 1.82) is 0 Å². The van der Waals surface area contributed by atoms with Crippen molar-refractivity contribution in [1.82, 2.24) is 10.6 Å². The molecule has 0 bridgehead atoms. The quantitative estimate of drug-likeness (QED) is 0.532. The van der Waals surface area contributed by atoms with E-state index in [9.17, 15) is 14.4 Å². The van der Waals surface area contributed by atoms with E-state index < -0.39 is 30.1 Å². The summed E-state index contributed by atoms with van der Waals surface area (Å²) in [5.74, 6) is -0.873. The van der Waals surface area contributed by atoms with Crippen LogP contribution in [0.25, 0.3) is 0 Å². The number of methoxy groups -OCH3 is 1. The first-order valence-electron chi connectivity index (χ1n) is 11.1. The monoisotopic (exact) mass is 454 g/mol. The summed E-state index contributed by atoms with van der Waals surface area (Å²) in [6.07, 6.45) is -0.0145. The van der Waals surface area contributed by atoms with E-state index >= 15 is 0 Å². The van der Waals surface area contributed by atoms with Crippen LogP contribution in [0.1, 0.15) is 42.5 Å². The number of carbonyl (C=O) groups is 3. The van der Waals surface area contributed by atoms with Crippen LogP contribution < -0.4 is 10.6 Å². The second-order valence-electron chi connectivity index (χ2n) is 8.60. The van der Waals surface area contributed by atoms with Gasteiger partial charge in [0.05, 0.1) is 7.11 Å². The van der Waals surface area contributed by atoms with Crippen LogP contribution in [0.2, 0.25) is 0 Å². The molecule has 0 aromatic heterocycles. The van der Waals surface area contributed by atoms with Crippen LogP contribution in [0.5, 0.6) is 0 Å². The molecule has 7 nitrogen and oxygen atoms in total. The van der Waals surface area contributed by atoms with Crippen molar-refractivity contribution in [3.63, 3.8) is 0 Å². The van der Waals surface area contributed by atoms with Crippen molar-refractivity contribution in [2.24, 2.45) is 5.92 Å². The number of alkyl carbamates (subject to hydrolysis) is 1. The summed E-state index contributed by atoms with van der Waals surface area (Å²) in [5.41, 5.74) is 4.00. The van der Waals surface area contributed by atoms with Crippen molar-refractivity contribution in [2.45, 2.75) is 59.2 Å². The minimum Gasteiger partial charge on any atom is -0.467 e. The third kappa shape index (κ3) is 8.60. The molecule has 0 radical (unpaired) electrons. The molecule has 0 unspecified atom stereocenters. The van der Waals surface area contributed by atoms with Crippen molar-refractivity contribution >= 4 is 18.0 Å². The van der Waals surface area contributed by atoms with Crippen molar-refractivity contribution in [2.75, 3.05) is 7.11 Å². The fraction of sp³-hybridized carbons (Fsp3) is 0.423. The highest BCUT2D eigenvalue weighted by molar-refractivity contribution is 5.89. The molecular formula is C26H34N2O5. The van der Waals surface area contributed by atoms with Gasteiger partial charge in [-0.2, -0.15) is 0 Å². The SMILES string of the molecule is COC(=O)[C@@H](Cc1ccc(C)c(C)c1)NC(=O)[C@H](CC(C)C)NC(=O)OCc1ccccc1. The van der Waals surface area contributed by atoms with Gasteiger partial charge in [-0.15, -0.1) is 0 Å². The summed E-state index contributed by atoms with van der Waals surface area (Å²) in [5, 5.41) is 5.39. The van der Waals surface area contributed by atoms with Gasteiger partial charge >= 0.3 is 12.1 Å². The van der Waals surface area contributed by atoms with E-state index in [1.165, 1.54) is 7.11 Å². The normalized spacial score (nSPS) is 12.5. The first-order chi connectivity index (χ1) is 15.7. The molecule has 2 amide bonds. The highest BCUT2D eigenvalue weighted by Gasteiger charge is 2.28. The van der Waals surface area contributed by atoms with Crippen LogP contribution in [0.4, 0.5) is 4.79 Å². The van der Waals surface area contributed by atoms with Gasteiger partial charge in [0.2, 0.25) is 5.91 Å². The molecule has 0 heterocycles. The maximum absolute atomic E-state index is 13.0. The number of rotatable bonds is 10. The average Bonchev–Trinajstić information content (AvgIpc) is 2.79. The molecule has 7 heteroatoms.